The van der Waals surface area contributed by atoms with E-state index in [1.54, 1.807) is 0 Å². The number of hydrogen-bond donors (Lipinski definition) is 2. The molecule has 1 amide bonds. The van der Waals surface area contributed by atoms with E-state index in [1.165, 1.54) is 7.05 Å². The maximum atomic E-state index is 11.7. The summed E-state index contributed by atoms with van der Waals surface area (Å²) in [5, 5.41) is 1.77. The van der Waals surface area contributed by atoms with Crippen molar-refractivity contribution < 1.29 is 13.2 Å². The average molecular weight is 220 g/mol. The molecule has 1 fully saturated rings. The molecular weight excluding hydrogens is 204 g/mol. The van der Waals surface area contributed by atoms with Crippen molar-refractivity contribution in [3.8, 4) is 0 Å². The topological polar surface area (TPSA) is 89.3 Å². The van der Waals surface area contributed by atoms with Gasteiger partial charge in [0.05, 0.1) is 5.25 Å². The van der Waals surface area contributed by atoms with Crippen molar-refractivity contribution >= 4 is 15.7 Å². The highest BCUT2D eigenvalue weighted by molar-refractivity contribution is 7.92. The third-order valence-electron chi connectivity index (χ3n) is 2.58. The number of carbonyl (C=O) groups excluding carboxylic acids is 1. The lowest BCUT2D eigenvalue weighted by molar-refractivity contribution is -0.118. The number of amides is 1. The van der Waals surface area contributed by atoms with Crippen molar-refractivity contribution in [3.05, 3.63) is 0 Å². The number of nitrogens with one attached hydrogen (secondary N) is 1. The molecule has 0 radical (unpaired) electrons. The summed E-state index contributed by atoms with van der Waals surface area (Å²) in [7, 11) is -1.93. The first-order valence-corrected chi connectivity index (χ1v) is 6.36. The second-order valence-electron chi connectivity index (χ2n) is 3.61. The normalized spacial score (nSPS) is 27.6. The summed E-state index contributed by atoms with van der Waals surface area (Å²) >= 11 is 0. The molecule has 0 saturated heterocycles. The first-order chi connectivity index (χ1) is 6.47. The van der Waals surface area contributed by atoms with Crippen LogP contribution in [0.5, 0.6) is 0 Å². The highest BCUT2D eigenvalue weighted by atomic mass is 32.2. The smallest absolute Gasteiger partial charge is 0.234 e. The number of sulfone groups is 1. The largest absolute Gasteiger partial charge is 0.358 e. The molecule has 5 nitrogen and oxygen atoms in total. The summed E-state index contributed by atoms with van der Waals surface area (Å²) in [4.78, 5) is 11.0. The third kappa shape index (κ3) is 2.45. The molecule has 0 heterocycles. The SMILES string of the molecule is CNC(=O)CS(=O)(=O)C1CCCC1N. The Kier molecular flexibility index (Phi) is 3.49. The van der Waals surface area contributed by atoms with E-state index >= 15 is 0 Å². The van der Waals surface area contributed by atoms with Gasteiger partial charge in [0.15, 0.2) is 9.84 Å². The molecule has 1 aliphatic rings. The number of nitrogens with two attached hydrogens (primary N) is 1. The predicted octanol–water partition coefficient (Wildman–Crippen LogP) is -0.973. The van der Waals surface area contributed by atoms with Gasteiger partial charge in [-0.05, 0) is 12.8 Å². The van der Waals surface area contributed by atoms with Crippen LogP contribution in [-0.2, 0) is 14.6 Å². The molecule has 0 bridgehead atoms. The van der Waals surface area contributed by atoms with Crippen LogP contribution in [-0.4, -0.2) is 38.4 Å². The van der Waals surface area contributed by atoms with Crippen molar-refractivity contribution in [3.63, 3.8) is 0 Å². The highest BCUT2D eigenvalue weighted by Crippen LogP contribution is 2.24. The van der Waals surface area contributed by atoms with Crippen LogP contribution in [0.3, 0.4) is 0 Å². The van der Waals surface area contributed by atoms with Gasteiger partial charge in [0.2, 0.25) is 5.91 Å². The predicted molar refractivity (Wildman–Crippen MR) is 53.5 cm³/mol. The Morgan fingerprint density at radius 3 is 2.57 bits per heavy atom. The van der Waals surface area contributed by atoms with Gasteiger partial charge < -0.3 is 11.1 Å². The van der Waals surface area contributed by atoms with Gasteiger partial charge in [0, 0.05) is 13.1 Å². The Balaban J connectivity index is 2.70. The van der Waals surface area contributed by atoms with Gasteiger partial charge in [-0.2, -0.15) is 0 Å². The zero-order valence-corrected chi connectivity index (χ0v) is 9.01. The Hall–Kier alpha value is -0.620. The summed E-state index contributed by atoms with van der Waals surface area (Å²) < 4.78 is 23.3. The molecule has 1 aliphatic carbocycles. The van der Waals surface area contributed by atoms with Gasteiger partial charge in [0.25, 0.3) is 0 Å². The van der Waals surface area contributed by atoms with E-state index < -0.39 is 26.7 Å². The molecule has 6 heteroatoms. The van der Waals surface area contributed by atoms with Gasteiger partial charge in [-0.15, -0.1) is 0 Å². The quantitative estimate of drug-likeness (QED) is 0.640. The Labute approximate surface area is 84.0 Å². The fraction of sp³-hybridized carbons (Fsp3) is 0.875. The zero-order chi connectivity index (χ0) is 10.8. The van der Waals surface area contributed by atoms with Crippen LogP contribution in [0.1, 0.15) is 19.3 Å². The summed E-state index contributed by atoms with van der Waals surface area (Å²) in [6.45, 7) is 0. The van der Waals surface area contributed by atoms with Crippen molar-refractivity contribution in [1.29, 1.82) is 0 Å². The molecule has 0 aromatic carbocycles. The molecule has 2 atom stereocenters. The van der Waals surface area contributed by atoms with Gasteiger partial charge in [-0.1, -0.05) is 6.42 Å². The number of hydrogen-bond acceptors (Lipinski definition) is 4. The Bertz CT molecular complexity index is 313. The third-order valence-corrected chi connectivity index (χ3v) is 4.75. The van der Waals surface area contributed by atoms with E-state index in [0.29, 0.717) is 6.42 Å². The van der Waals surface area contributed by atoms with Crippen LogP contribution in [0, 0.1) is 0 Å². The van der Waals surface area contributed by atoms with Gasteiger partial charge in [-0.25, -0.2) is 8.42 Å². The first kappa shape index (κ1) is 11.5. The second kappa shape index (κ2) is 4.27. The summed E-state index contributed by atoms with van der Waals surface area (Å²) in [5.41, 5.74) is 5.67. The van der Waals surface area contributed by atoms with E-state index in [1.807, 2.05) is 0 Å². The van der Waals surface area contributed by atoms with Crippen LogP contribution >= 0.6 is 0 Å². The van der Waals surface area contributed by atoms with Crippen molar-refractivity contribution in [2.24, 2.45) is 5.73 Å². The summed E-state index contributed by atoms with van der Waals surface area (Å²) in [6.07, 6.45) is 2.15. The second-order valence-corrected chi connectivity index (χ2v) is 5.83. The first-order valence-electron chi connectivity index (χ1n) is 4.65. The number of rotatable bonds is 3. The summed E-state index contributed by atoms with van der Waals surface area (Å²) in [5.74, 6) is -0.911. The molecule has 1 rings (SSSR count). The van der Waals surface area contributed by atoms with Crippen LogP contribution in [0.25, 0.3) is 0 Å². The van der Waals surface area contributed by atoms with E-state index in [0.717, 1.165) is 12.8 Å². The Morgan fingerprint density at radius 1 is 1.50 bits per heavy atom. The molecular formula is C8H16N2O3S. The minimum Gasteiger partial charge on any atom is -0.358 e. The molecule has 14 heavy (non-hydrogen) atoms. The lowest BCUT2D eigenvalue weighted by atomic mass is 10.3. The lowest BCUT2D eigenvalue weighted by Gasteiger charge is -2.15. The molecule has 0 aromatic heterocycles. The maximum Gasteiger partial charge on any atom is 0.234 e. The fourth-order valence-electron chi connectivity index (χ4n) is 1.76. The summed E-state index contributed by atoms with van der Waals surface area (Å²) in [6, 6.07) is -0.301. The molecule has 82 valence electrons. The minimum absolute atomic E-state index is 0.301. The molecule has 0 aliphatic heterocycles. The average Bonchev–Trinajstić information content (AvgIpc) is 2.51. The molecule has 0 spiro atoms. The maximum absolute atomic E-state index is 11.7. The van der Waals surface area contributed by atoms with Gasteiger partial charge in [0.1, 0.15) is 5.75 Å². The Morgan fingerprint density at radius 2 is 2.14 bits per heavy atom. The van der Waals surface area contributed by atoms with Crippen LogP contribution in [0.4, 0.5) is 0 Å². The van der Waals surface area contributed by atoms with Crippen LogP contribution < -0.4 is 11.1 Å². The molecule has 0 aromatic rings. The molecule has 1 saturated carbocycles. The van der Waals surface area contributed by atoms with E-state index in [-0.39, 0.29) is 6.04 Å². The van der Waals surface area contributed by atoms with Crippen LogP contribution in [0.2, 0.25) is 0 Å². The number of carbonyl (C=O) groups is 1. The molecule has 3 N–H and O–H groups in total. The van der Waals surface area contributed by atoms with E-state index in [4.69, 9.17) is 5.73 Å². The van der Waals surface area contributed by atoms with E-state index in [2.05, 4.69) is 5.32 Å². The standard InChI is InChI=1S/C8H16N2O3S/c1-10-8(11)5-14(12,13)7-4-2-3-6(7)9/h6-7H,2-5,9H2,1H3,(H,10,11). The van der Waals surface area contributed by atoms with Crippen LogP contribution in [0.15, 0.2) is 0 Å². The fourth-order valence-corrected chi connectivity index (χ4v) is 3.68. The van der Waals surface area contributed by atoms with Gasteiger partial charge in [-0.3, -0.25) is 4.79 Å². The monoisotopic (exact) mass is 220 g/mol. The van der Waals surface area contributed by atoms with Gasteiger partial charge >= 0.3 is 0 Å². The zero-order valence-electron chi connectivity index (χ0n) is 8.19. The lowest BCUT2D eigenvalue weighted by Crippen LogP contribution is -2.40. The molecule has 2 unspecified atom stereocenters. The van der Waals surface area contributed by atoms with Crippen molar-refractivity contribution in [2.75, 3.05) is 12.8 Å². The van der Waals surface area contributed by atoms with Crippen molar-refractivity contribution in [2.45, 2.75) is 30.6 Å². The van der Waals surface area contributed by atoms with E-state index in [9.17, 15) is 13.2 Å². The minimum atomic E-state index is -3.36. The van der Waals surface area contributed by atoms with Crippen molar-refractivity contribution in [1.82, 2.24) is 5.32 Å². The highest BCUT2D eigenvalue weighted by Gasteiger charge is 2.36.